The molecule has 6 heteroatoms. The normalized spacial score (nSPS) is 16.2. The van der Waals surface area contributed by atoms with Gasteiger partial charge in [-0.2, -0.15) is 0 Å². The van der Waals surface area contributed by atoms with Crippen LogP contribution in [0.3, 0.4) is 0 Å². The maximum absolute atomic E-state index is 12.3. The maximum atomic E-state index is 12.3. The highest BCUT2D eigenvalue weighted by molar-refractivity contribution is 9.10. The number of anilines is 1. The minimum atomic E-state index is 0. The Hall–Kier alpha value is -0.780. The quantitative estimate of drug-likeness (QED) is 0.797. The van der Waals surface area contributed by atoms with Crippen LogP contribution in [-0.4, -0.2) is 48.9 Å². The van der Waals surface area contributed by atoms with Gasteiger partial charge in [0.15, 0.2) is 0 Å². The fourth-order valence-corrected chi connectivity index (χ4v) is 2.29. The van der Waals surface area contributed by atoms with E-state index < -0.39 is 0 Å². The lowest BCUT2D eigenvalue weighted by atomic mass is 10.1. The highest BCUT2D eigenvalue weighted by atomic mass is 79.9. The number of nitrogens with two attached hydrogens (primary N) is 1. The first-order valence-electron chi connectivity index (χ1n) is 5.61. The van der Waals surface area contributed by atoms with Crippen molar-refractivity contribution < 1.29 is 4.79 Å². The molecule has 0 radical (unpaired) electrons. The van der Waals surface area contributed by atoms with E-state index >= 15 is 0 Å². The minimum Gasteiger partial charge on any atom is -0.398 e. The number of nitrogens with zero attached hydrogens (tertiary/aromatic N) is 2. The molecule has 1 aromatic rings. The van der Waals surface area contributed by atoms with Crippen LogP contribution in [0.2, 0.25) is 0 Å². The lowest BCUT2D eigenvalue weighted by Crippen LogP contribution is -2.47. The van der Waals surface area contributed by atoms with E-state index in [9.17, 15) is 4.79 Å². The van der Waals surface area contributed by atoms with Crippen LogP contribution in [0.4, 0.5) is 5.69 Å². The summed E-state index contributed by atoms with van der Waals surface area (Å²) in [6, 6.07) is 5.39. The molecule has 0 saturated carbocycles. The highest BCUT2D eigenvalue weighted by Gasteiger charge is 2.21. The Kier molecular flexibility index (Phi) is 5.44. The molecule has 18 heavy (non-hydrogen) atoms. The van der Waals surface area contributed by atoms with Gasteiger partial charge in [-0.1, -0.05) is 15.9 Å². The second kappa shape index (κ2) is 6.41. The topological polar surface area (TPSA) is 49.6 Å². The second-order valence-corrected chi connectivity index (χ2v) is 5.24. The van der Waals surface area contributed by atoms with E-state index in [2.05, 4.69) is 27.9 Å². The summed E-state index contributed by atoms with van der Waals surface area (Å²) in [5, 5.41) is 0. The molecule has 0 aromatic heterocycles. The maximum Gasteiger partial charge on any atom is 0.256 e. The van der Waals surface area contributed by atoms with Crippen molar-refractivity contribution >= 4 is 39.9 Å². The van der Waals surface area contributed by atoms with Crippen molar-refractivity contribution in [3.05, 3.63) is 28.2 Å². The number of likely N-dealkylation sites (N-methyl/N-ethyl adjacent to an activating group) is 1. The Morgan fingerprint density at radius 2 is 1.89 bits per heavy atom. The molecule has 1 aromatic carbocycles. The first-order chi connectivity index (χ1) is 8.08. The monoisotopic (exact) mass is 333 g/mol. The van der Waals surface area contributed by atoms with Crippen molar-refractivity contribution in [2.24, 2.45) is 0 Å². The van der Waals surface area contributed by atoms with E-state index in [0.717, 1.165) is 30.7 Å². The van der Waals surface area contributed by atoms with Crippen LogP contribution < -0.4 is 5.73 Å². The second-order valence-electron chi connectivity index (χ2n) is 4.33. The molecule has 1 fully saturated rings. The number of carbonyl (C=O) groups excluding carboxylic acids is 1. The fraction of sp³-hybridized carbons (Fsp3) is 0.417. The molecule has 2 N–H and O–H groups in total. The van der Waals surface area contributed by atoms with Crippen LogP contribution in [0, 0.1) is 0 Å². The Bertz CT molecular complexity index is 433. The minimum absolute atomic E-state index is 0. The number of piperazine rings is 1. The first kappa shape index (κ1) is 15.3. The van der Waals surface area contributed by atoms with Crippen LogP contribution in [0.25, 0.3) is 0 Å². The van der Waals surface area contributed by atoms with Crippen LogP contribution in [0.15, 0.2) is 22.7 Å². The number of halogens is 2. The predicted molar refractivity (Wildman–Crippen MR) is 79.2 cm³/mol. The van der Waals surface area contributed by atoms with Gasteiger partial charge in [0, 0.05) is 36.3 Å². The summed E-state index contributed by atoms with van der Waals surface area (Å²) in [4.78, 5) is 16.3. The van der Waals surface area contributed by atoms with Crippen molar-refractivity contribution in [1.82, 2.24) is 9.80 Å². The smallest absolute Gasteiger partial charge is 0.256 e. The standard InChI is InChI=1S/C12H16BrN3O.ClH/c1-15-4-6-16(7-5-15)12(17)10-3-2-9(13)8-11(10)14;/h2-3,8H,4-7,14H2,1H3;1H. The number of nitrogen functional groups attached to an aromatic ring is 1. The molecular formula is C12H17BrClN3O. The Morgan fingerprint density at radius 3 is 2.44 bits per heavy atom. The van der Waals surface area contributed by atoms with Gasteiger partial charge in [0.05, 0.1) is 5.56 Å². The van der Waals surface area contributed by atoms with Gasteiger partial charge in [-0.05, 0) is 25.2 Å². The predicted octanol–water partition coefficient (Wildman–Crippen LogP) is 1.84. The number of benzene rings is 1. The van der Waals surface area contributed by atoms with Gasteiger partial charge in [0.1, 0.15) is 0 Å². The van der Waals surface area contributed by atoms with Gasteiger partial charge >= 0.3 is 0 Å². The summed E-state index contributed by atoms with van der Waals surface area (Å²) in [6.07, 6.45) is 0. The molecule has 1 saturated heterocycles. The molecular weight excluding hydrogens is 318 g/mol. The number of amides is 1. The summed E-state index contributed by atoms with van der Waals surface area (Å²) in [6.45, 7) is 3.38. The molecule has 0 atom stereocenters. The third kappa shape index (κ3) is 3.37. The third-order valence-electron chi connectivity index (χ3n) is 3.03. The van der Waals surface area contributed by atoms with Crippen molar-refractivity contribution in [2.45, 2.75) is 0 Å². The summed E-state index contributed by atoms with van der Waals surface area (Å²) in [5.41, 5.74) is 6.99. The fourth-order valence-electron chi connectivity index (χ4n) is 1.91. The average molecular weight is 335 g/mol. The molecule has 1 amide bonds. The lowest BCUT2D eigenvalue weighted by Gasteiger charge is -2.32. The molecule has 0 bridgehead atoms. The van der Waals surface area contributed by atoms with Crippen molar-refractivity contribution in [1.29, 1.82) is 0 Å². The van der Waals surface area contributed by atoms with Crippen LogP contribution >= 0.6 is 28.3 Å². The zero-order chi connectivity index (χ0) is 12.4. The van der Waals surface area contributed by atoms with E-state index in [0.29, 0.717) is 11.3 Å². The van der Waals surface area contributed by atoms with E-state index in [1.807, 2.05) is 11.0 Å². The van der Waals surface area contributed by atoms with Crippen molar-refractivity contribution in [2.75, 3.05) is 39.0 Å². The van der Waals surface area contributed by atoms with Crippen LogP contribution in [-0.2, 0) is 0 Å². The molecule has 2 rings (SSSR count). The van der Waals surface area contributed by atoms with Gasteiger partial charge in [0.25, 0.3) is 5.91 Å². The summed E-state index contributed by atoms with van der Waals surface area (Å²) >= 11 is 3.34. The molecule has 4 nitrogen and oxygen atoms in total. The zero-order valence-corrected chi connectivity index (χ0v) is 12.6. The van der Waals surface area contributed by atoms with Gasteiger partial charge < -0.3 is 15.5 Å². The van der Waals surface area contributed by atoms with Crippen molar-refractivity contribution in [3.8, 4) is 0 Å². The number of carbonyl (C=O) groups is 1. The number of hydrogen-bond acceptors (Lipinski definition) is 3. The van der Waals surface area contributed by atoms with Gasteiger partial charge in [-0.25, -0.2) is 0 Å². The SMILES string of the molecule is CN1CCN(C(=O)c2ccc(Br)cc2N)CC1.Cl. The summed E-state index contributed by atoms with van der Waals surface area (Å²) in [5.74, 6) is 0.0306. The number of hydrogen-bond donors (Lipinski definition) is 1. The van der Waals surface area contributed by atoms with Crippen LogP contribution in [0.1, 0.15) is 10.4 Å². The summed E-state index contributed by atoms with van der Waals surface area (Å²) < 4.78 is 0.893. The van der Waals surface area contributed by atoms with E-state index in [-0.39, 0.29) is 18.3 Å². The molecule has 100 valence electrons. The van der Waals surface area contributed by atoms with E-state index in [1.54, 1.807) is 12.1 Å². The number of rotatable bonds is 1. The zero-order valence-electron chi connectivity index (χ0n) is 10.2. The molecule has 0 unspecified atom stereocenters. The largest absolute Gasteiger partial charge is 0.398 e. The Balaban J connectivity index is 0.00000162. The van der Waals surface area contributed by atoms with Crippen molar-refractivity contribution in [3.63, 3.8) is 0 Å². The Labute approximate surface area is 122 Å². The first-order valence-corrected chi connectivity index (χ1v) is 6.40. The molecule has 0 spiro atoms. The van der Waals surface area contributed by atoms with E-state index in [4.69, 9.17) is 5.73 Å². The molecule has 1 heterocycles. The average Bonchev–Trinajstić information content (AvgIpc) is 2.29. The molecule has 0 aliphatic carbocycles. The van der Waals surface area contributed by atoms with E-state index in [1.165, 1.54) is 0 Å². The molecule has 1 aliphatic heterocycles. The molecule has 1 aliphatic rings. The van der Waals surface area contributed by atoms with Gasteiger partial charge in [0.2, 0.25) is 0 Å². The van der Waals surface area contributed by atoms with Gasteiger partial charge in [-0.3, -0.25) is 4.79 Å². The third-order valence-corrected chi connectivity index (χ3v) is 3.53. The highest BCUT2D eigenvalue weighted by Crippen LogP contribution is 2.20. The van der Waals surface area contributed by atoms with Gasteiger partial charge in [-0.15, -0.1) is 12.4 Å². The summed E-state index contributed by atoms with van der Waals surface area (Å²) in [7, 11) is 2.07. The Morgan fingerprint density at radius 1 is 1.28 bits per heavy atom. The lowest BCUT2D eigenvalue weighted by molar-refractivity contribution is 0.0665. The van der Waals surface area contributed by atoms with Crippen LogP contribution in [0.5, 0.6) is 0 Å².